The normalized spacial score (nSPS) is 10.9. The number of benzene rings is 2. The highest BCUT2D eigenvalue weighted by molar-refractivity contribution is 5.92. The molecular formula is C21H24N4O2. The second-order valence-corrected chi connectivity index (χ2v) is 6.88. The second-order valence-electron chi connectivity index (χ2n) is 6.88. The molecule has 1 heterocycles. The molecule has 0 saturated heterocycles. The van der Waals surface area contributed by atoms with Crippen LogP contribution in [0.1, 0.15) is 36.6 Å². The van der Waals surface area contributed by atoms with E-state index in [1.165, 1.54) is 0 Å². The molecule has 2 aromatic carbocycles. The van der Waals surface area contributed by atoms with E-state index in [1.54, 1.807) is 10.9 Å². The summed E-state index contributed by atoms with van der Waals surface area (Å²) in [5.74, 6) is 0.808. The van der Waals surface area contributed by atoms with Crippen molar-refractivity contribution in [2.75, 3.05) is 11.9 Å². The van der Waals surface area contributed by atoms with Crippen molar-refractivity contribution in [2.45, 2.75) is 33.6 Å². The molecule has 0 radical (unpaired) electrons. The lowest BCUT2D eigenvalue weighted by atomic mass is 10.1. The number of nitrogens with zero attached hydrogens (tertiary/aromatic N) is 3. The predicted octanol–water partition coefficient (Wildman–Crippen LogP) is 4.03. The molecule has 0 fully saturated rings. The third kappa shape index (κ3) is 4.53. The summed E-state index contributed by atoms with van der Waals surface area (Å²) in [7, 11) is 0. The van der Waals surface area contributed by atoms with E-state index in [1.807, 2.05) is 56.3 Å². The van der Waals surface area contributed by atoms with Gasteiger partial charge >= 0.3 is 0 Å². The number of carbonyl (C=O) groups excluding carboxylic acids is 1. The minimum atomic E-state index is -0.212. The zero-order valence-corrected chi connectivity index (χ0v) is 16.1. The van der Waals surface area contributed by atoms with Gasteiger partial charge in [-0.3, -0.25) is 4.79 Å². The molecular weight excluding hydrogens is 340 g/mol. The molecule has 0 aliphatic carbocycles. The molecule has 1 amide bonds. The molecule has 27 heavy (non-hydrogen) atoms. The zero-order chi connectivity index (χ0) is 19.4. The van der Waals surface area contributed by atoms with Crippen LogP contribution in [0.5, 0.6) is 5.75 Å². The SMILES string of the molecule is Cc1ccc(C)c(OCC(=O)Nc2cccc(-n3nncc3C(C)C)c2)c1. The molecule has 0 bridgehead atoms. The van der Waals surface area contributed by atoms with Crippen molar-refractivity contribution in [3.8, 4) is 11.4 Å². The number of anilines is 1. The Hall–Kier alpha value is -3.15. The van der Waals surface area contributed by atoms with Gasteiger partial charge in [-0.05, 0) is 55.2 Å². The maximum atomic E-state index is 12.3. The minimum Gasteiger partial charge on any atom is -0.483 e. The Morgan fingerprint density at radius 1 is 1.19 bits per heavy atom. The van der Waals surface area contributed by atoms with Crippen LogP contribution in [-0.2, 0) is 4.79 Å². The Kier molecular flexibility index (Phi) is 5.54. The second kappa shape index (κ2) is 8.03. The molecule has 1 aromatic heterocycles. The van der Waals surface area contributed by atoms with Crippen LogP contribution in [0, 0.1) is 13.8 Å². The van der Waals surface area contributed by atoms with Gasteiger partial charge in [-0.25, -0.2) is 4.68 Å². The summed E-state index contributed by atoms with van der Waals surface area (Å²) in [4.78, 5) is 12.3. The Bertz CT molecular complexity index is 947. The third-order valence-corrected chi connectivity index (χ3v) is 4.24. The van der Waals surface area contributed by atoms with Crippen molar-refractivity contribution in [3.63, 3.8) is 0 Å². The van der Waals surface area contributed by atoms with Gasteiger partial charge in [0.1, 0.15) is 5.75 Å². The van der Waals surface area contributed by atoms with Crippen molar-refractivity contribution in [1.82, 2.24) is 15.0 Å². The molecule has 0 saturated carbocycles. The highest BCUT2D eigenvalue weighted by atomic mass is 16.5. The van der Waals surface area contributed by atoms with Gasteiger partial charge in [0.15, 0.2) is 6.61 Å². The van der Waals surface area contributed by atoms with Crippen LogP contribution in [0.2, 0.25) is 0 Å². The molecule has 0 aliphatic rings. The van der Waals surface area contributed by atoms with E-state index >= 15 is 0 Å². The molecule has 0 atom stereocenters. The van der Waals surface area contributed by atoms with Gasteiger partial charge in [-0.2, -0.15) is 0 Å². The number of carbonyl (C=O) groups is 1. The first-order valence-electron chi connectivity index (χ1n) is 8.95. The fraction of sp³-hybridized carbons (Fsp3) is 0.286. The van der Waals surface area contributed by atoms with E-state index in [4.69, 9.17) is 4.74 Å². The van der Waals surface area contributed by atoms with Crippen LogP contribution in [0.25, 0.3) is 5.69 Å². The van der Waals surface area contributed by atoms with Gasteiger partial charge in [-0.1, -0.05) is 37.3 Å². The molecule has 6 nitrogen and oxygen atoms in total. The number of aryl methyl sites for hydroxylation is 2. The molecule has 0 aliphatic heterocycles. The van der Waals surface area contributed by atoms with E-state index in [0.717, 1.165) is 28.3 Å². The summed E-state index contributed by atoms with van der Waals surface area (Å²) < 4.78 is 7.45. The number of hydrogen-bond acceptors (Lipinski definition) is 4. The average Bonchev–Trinajstić information content (AvgIpc) is 3.13. The van der Waals surface area contributed by atoms with Gasteiger partial charge in [-0.15, -0.1) is 5.10 Å². The van der Waals surface area contributed by atoms with Crippen molar-refractivity contribution >= 4 is 11.6 Å². The van der Waals surface area contributed by atoms with Crippen LogP contribution in [0.15, 0.2) is 48.7 Å². The van der Waals surface area contributed by atoms with Gasteiger partial charge < -0.3 is 10.1 Å². The van der Waals surface area contributed by atoms with Gasteiger partial charge in [0.25, 0.3) is 5.91 Å². The Labute approximate surface area is 159 Å². The van der Waals surface area contributed by atoms with Crippen LogP contribution < -0.4 is 10.1 Å². The number of amides is 1. The van der Waals surface area contributed by atoms with Crippen molar-refractivity contribution in [1.29, 1.82) is 0 Å². The molecule has 0 spiro atoms. The van der Waals surface area contributed by atoms with E-state index < -0.39 is 0 Å². The fourth-order valence-corrected chi connectivity index (χ4v) is 2.76. The first-order chi connectivity index (χ1) is 12.9. The van der Waals surface area contributed by atoms with Crippen LogP contribution in [-0.4, -0.2) is 27.5 Å². The Morgan fingerprint density at radius 3 is 2.78 bits per heavy atom. The van der Waals surface area contributed by atoms with Crippen LogP contribution in [0.3, 0.4) is 0 Å². The van der Waals surface area contributed by atoms with E-state index in [0.29, 0.717) is 11.6 Å². The highest BCUT2D eigenvalue weighted by Gasteiger charge is 2.11. The average molecular weight is 364 g/mol. The maximum Gasteiger partial charge on any atom is 0.262 e. The molecule has 140 valence electrons. The third-order valence-electron chi connectivity index (χ3n) is 4.24. The summed E-state index contributed by atoms with van der Waals surface area (Å²) in [5.41, 5.74) is 4.65. The van der Waals surface area contributed by atoms with Gasteiger partial charge in [0, 0.05) is 5.69 Å². The van der Waals surface area contributed by atoms with Crippen LogP contribution >= 0.6 is 0 Å². The lowest BCUT2D eigenvalue weighted by Gasteiger charge is -2.12. The molecule has 3 aromatic rings. The summed E-state index contributed by atoms with van der Waals surface area (Å²) >= 11 is 0. The number of ether oxygens (including phenoxy) is 1. The lowest BCUT2D eigenvalue weighted by molar-refractivity contribution is -0.118. The first-order valence-corrected chi connectivity index (χ1v) is 8.95. The van der Waals surface area contributed by atoms with E-state index in [9.17, 15) is 4.79 Å². The number of rotatable bonds is 6. The summed E-state index contributed by atoms with van der Waals surface area (Å²) in [6.45, 7) is 8.08. The molecule has 6 heteroatoms. The smallest absolute Gasteiger partial charge is 0.262 e. The Balaban J connectivity index is 1.68. The molecule has 3 rings (SSSR count). The standard InChI is InChI=1S/C21H24N4O2/c1-14(2)19-12-22-24-25(19)18-7-5-6-17(11-18)23-21(26)13-27-20-10-15(3)8-9-16(20)4/h5-12,14H,13H2,1-4H3,(H,23,26). The largest absolute Gasteiger partial charge is 0.483 e. The fourth-order valence-electron chi connectivity index (χ4n) is 2.76. The molecule has 0 unspecified atom stereocenters. The topological polar surface area (TPSA) is 69.0 Å². The van der Waals surface area contributed by atoms with E-state index in [2.05, 4.69) is 29.5 Å². The quantitative estimate of drug-likeness (QED) is 0.717. The zero-order valence-electron chi connectivity index (χ0n) is 16.1. The lowest BCUT2D eigenvalue weighted by Crippen LogP contribution is -2.20. The first kappa shape index (κ1) is 18.6. The van der Waals surface area contributed by atoms with E-state index in [-0.39, 0.29) is 12.5 Å². The molecule has 1 N–H and O–H groups in total. The number of nitrogens with one attached hydrogen (secondary N) is 1. The number of aromatic nitrogens is 3. The summed E-state index contributed by atoms with van der Waals surface area (Å²) in [5, 5.41) is 11.0. The van der Waals surface area contributed by atoms with Crippen LogP contribution in [0.4, 0.5) is 5.69 Å². The number of hydrogen-bond donors (Lipinski definition) is 1. The van der Waals surface area contributed by atoms with Crippen molar-refractivity contribution in [3.05, 3.63) is 65.5 Å². The van der Waals surface area contributed by atoms with Gasteiger partial charge in [0.2, 0.25) is 0 Å². The minimum absolute atomic E-state index is 0.0465. The maximum absolute atomic E-state index is 12.3. The van der Waals surface area contributed by atoms with Crippen molar-refractivity contribution in [2.24, 2.45) is 0 Å². The Morgan fingerprint density at radius 2 is 2.00 bits per heavy atom. The highest BCUT2D eigenvalue weighted by Crippen LogP contribution is 2.21. The van der Waals surface area contributed by atoms with Gasteiger partial charge in [0.05, 0.1) is 17.6 Å². The monoisotopic (exact) mass is 364 g/mol. The predicted molar refractivity (Wildman–Crippen MR) is 105 cm³/mol. The van der Waals surface area contributed by atoms with Crippen molar-refractivity contribution < 1.29 is 9.53 Å². The summed E-state index contributed by atoms with van der Waals surface area (Å²) in [6.07, 6.45) is 1.76. The summed E-state index contributed by atoms with van der Waals surface area (Å²) in [6, 6.07) is 13.5.